The Balaban J connectivity index is 2.26. The maximum atomic E-state index is 5.71. The van der Waals surface area contributed by atoms with E-state index >= 15 is 0 Å². The fourth-order valence-corrected chi connectivity index (χ4v) is 2.76. The molecule has 2 N–H and O–H groups in total. The molecule has 0 aromatic heterocycles. The van der Waals surface area contributed by atoms with Crippen LogP contribution in [-0.4, -0.2) is 32.3 Å². The van der Waals surface area contributed by atoms with E-state index < -0.39 is 0 Å². The first kappa shape index (κ1) is 13.8. The van der Waals surface area contributed by atoms with Crippen molar-refractivity contribution >= 4 is 21.6 Å². The van der Waals surface area contributed by atoms with Gasteiger partial charge in [0.25, 0.3) is 0 Å². The van der Waals surface area contributed by atoms with Crippen molar-refractivity contribution in [3.8, 4) is 0 Å². The van der Waals surface area contributed by atoms with Gasteiger partial charge >= 0.3 is 0 Å². The third kappa shape index (κ3) is 3.46. The van der Waals surface area contributed by atoms with Gasteiger partial charge in [-0.15, -0.1) is 0 Å². The summed E-state index contributed by atoms with van der Waals surface area (Å²) in [6.07, 6.45) is 2.30. The second kappa shape index (κ2) is 6.55. The summed E-state index contributed by atoms with van der Waals surface area (Å²) in [7, 11) is 0. The molecule has 3 nitrogen and oxygen atoms in total. The summed E-state index contributed by atoms with van der Waals surface area (Å²) in [5.74, 6) is 0. The number of halogens is 1. The molecular formula is C14H21BrN2O. The molecule has 2 rings (SSSR count). The maximum Gasteiger partial charge on any atom is 0.0721 e. The largest absolute Gasteiger partial charge is 0.377 e. The molecule has 0 saturated carbocycles. The lowest BCUT2D eigenvalue weighted by atomic mass is 10.1. The molecule has 0 bridgehead atoms. The van der Waals surface area contributed by atoms with Crippen LogP contribution in [0.2, 0.25) is 0 Å². The SMILES string of the molecule is CC1CN(c2cc(Br)ccc2CCN)CCCO1. The second-order valence-electron chi connectivity index (χ2n) is 4.79. The van der Waals surface area contributed by atoms with Crippen LogP contribution < -0.4 is 10.6 Å². The van der Waals surface area contributed by atoms with Crippen molar-refractivity contribution in [3.63, 3.8) is 0 Å². The molecule has 100 valence electrons. The number of nitrogens with two attached hydrogens (primary N) is 1. The van der Waals surface area contributed by atoms with Crippen LogP contribution in [0.5, 0.6) is 0 Å². The summed E-state index contributed by atoms with van der Waals surface area (Å²) in [5.41, 5.74) is 8.33. The third-order valence-electron chi connectivity index (χ3n) is 3.25. The minimum Gasteiger partial charge on any atom is -0.377 e. The number of rotatable bonds is 3. The van der Waals surface area contributed by atoms with Crippen LogP contribution in [0.15, 0.2) is 22.7 Å². The molecule has 4 heteroatoms. The van der Waals surface area contributed by atoms with Crippen LogP contribution in [-0.2, 0) is 11.2 Å². The zero-order valence-corrected chi connectivity index (χ0v) is 12.4. The van der Waals surface area contributed by atoms with E-state index in [0.29, 0.717) is 6.54 Å². The highest BCUT2D eigenvalue weighted by molar-refractivity contribution is 9.10. The number of ether oxygens (including phenoxy) is 1. The minimum absolute atomic E-state index is 0.289. The van der Waals surface area contributed by atoms with Crippen molar-refractivity contribution in [2.75, 3.05) is 31.1 Å². The topological polar surface area (TPSA) is 38.5 Å². The molecule has 1 aromatic rings. The van der Waals surface area contributed by atoms with E-state index in [-0.39, 0.29) is 6.10 Å². The first-order valence-electron chi connectivity index (χ1n) is 6.55. The van der Waals surface area contributed by atoms with Crippen LogP contribution in [0.4, 0.5) is 5.69 Å². The summed E-state index contributed by atoms with van der Waals surface area (Å²) in [6.45, 7) is 5.69. The van der Waals surface area contributed by atoms with Crippen LogP contribution in [0.25, 0.3) is 0 Å². The van der Waals surface area contributed by atoms with Crippen molar-refractivity contribution < 1.29 is 4.74 Å². The Kier molecular flexibility index (Phi) is 5.03. The number of benzene rings is 1. The standard InChI is InChI=1S/C14H21BrN2O/c1-11-10-17(7-2-8-18-11)14-9-13(15)4-3-12(14)5-6-16/h3-4,9,11H,2,5-8,10,16H2,1H3. The summed E-state index contributed by atoms with van der Waals surface area (Å²) in [4.78, 5) is 2.42. The number of anilines is 1. The van der Waals surface area contributed by atoms with Gasteiger partial charge in [0.1, 0.15) is 0 Å². The Hall–Kier alpha value is -0.580. The highest BCUT2D eigenvalue weighted by Gasteiger charge is 2.17. The second-order valence-corrected chi connectivity index (χ2v) is 5.71. The zero-order valence-electron chi connectivity index (χ0n) is 10.9. The Bertz CT molecular complexity index is 397. The van der Waals surface area contributed by atoms with E-state index in [9.17, 15) is 0 Å². The highest BCUT2D eigenvalue weighted by atomic mass is 79.9. The van der Waals surface area contributed by atoms with Crippen LogP contribution in [0.3, 0.4) is 0 Å². The Labute approximate surface area is 117 Å². The lowest BCUT2D eigenvalue weighted by molar-refractivity contribution is 0.0821. The Morgan fingerprint density at radius 1 is 1.50 bits per heavy atom. The average molecular weight is 313 g/mol. The lowest BCUT2D eigenvalue weighted by Crippen LogP contribution is -2.31. The van der Waals surface area contributed by atoms with Crippen molar-refractivity contribution in [3.05, 3.63) is 28.2 Å². The molecule has 1 aromatic carbocycles. The molecule has 0 aliphatic carbocycles. The number of hydrogen-bond donors (Lipinski definition) is 1. The van der Waals surface area contributed by atoms with Crippen LogP contribution in [0, 0.1) is 0 Å². The van der Waals surface area contributed by atoms with Gasteiger partial charge < -0.3 is 15.4 Å². The summed E-state index contributed by atoms with van der Waals surface area (Å²) in [5, 5.41) is 0. The van der Waals surface area contributed by atoms with Gasteiger partial charge in [0.15, 0.2) is 0 Å². The Morgan fingerprint density at radius 2 is 2.33 bits per heavy atom. The molecule has 1 aliphatic heterocycles. The van der Waals surface area contributed by atoms with E-state index in [4.69, 9.17) is 10.5 Å². The summed E-state index contributed by atoms with van der Waals surface area (Å²) in [6, 6.07) is 6.46. The van der Waals surface area contributed by atoms with Crippen molar-refractivity contribution in [2.24, 2.45) is 5.73 Å². The van der Waals surface area contributed by atoms with E-state index in [2.05, 4.69) is 46.0 Å². The molecule has 18 heavy (non-hydrogen) atoms. The molecule has 0 spiro atoms. The fraction of sp³-hybridized carbons (Fsp3) is 0.571. The molecule has 1 fully saturated rings. The van der Waals surface area contributed by atoms with Gasteiger partial charge in [-0.05, 0) is 44.0 Å². The molecule has 1 atom stereocenters. The number of nitrogens with zero attached hydrogens (tertiary/aromatic N) is 1. The molecule has 1 unspecified atom stereocenters. The molecule has 0 amide bonds. The van der Waals surface area contributed by atoms with Gasteiger partial charge in [-0.25, -0.2) is 0 Å². The van der Waals surface area contributed by atoms with Gasteiger partial charge in [0.2, 0.25) is 0 Å². The average Bonchev–Trinajstić information content (AvgIpc) is 2.56. The van der Waals surface area contributed by atoms with E-state index in [1.54, 1.807) is 0 Å². The quantitative estimate of drug-likeness (QED) is 0.932. The maximum absolute atomic E-state index is 5.71. The van der Waals surface area contributed by atoms with Crippen LogP contribution >= 0.6 is 15.9 Å². The number of hydrogen-bond acceptors (Lipinski definition) is 3. The fourth-order valence-electron chi connectivity index (χ4n) is 2.41. The molecule has 0 radical (unpaired) electrons. The molecule has 1 aliphatic rings. The van der Waals surface area contributed by atoms with Gasteiger partial charge in [-0.1, -0.05) is 22.0 Å². The van der Waals surface area contributed by atoms with E-state index in [0.717, 1.165) is 37.0 Å². The molecule has 1 heterocycles. The predicted molar refractivity (Wildman–Crippen MR) is 79.1 cm³/mol. The normalized spacial score (nSPS) is 20.8. The lowest BCUT2D eigenvalue weighted by Gasteiger charge is -2.27. The summed E-state index contributed by atoms with van der Waals surface area (Å²) < 4.78 is 6.83. The van der Waals surface area contributed by atoms with Crippen molar-refractivity contribution in [1.82, 2.24) is 0 Å². The molecule has 1 saturated heterocycles. The summed E-state index contributed by atoms with van der Waals surface area (Å²) >= 11 is 3.56. The first-order valence-corrected chi connectivity index (χ1v) is 7.35. The van der Waals surface area contributed by atoms with Gasteiger partial charge in [-0.3, -0.25) is 0 Å². The zero-order chi connectivity index (χ0) is 13.0. The van der Waals surface area contributed by atoms with E-state index in [1.807, 2.05) is 0 Å². The van der Waals surface area contributed by atoms with Crippen molar-refractivity contribution in [1.29, 1.82) is 0 Å². The third-order valence-corrected chi connectivity index (χ3v) is 3.75. The van der Waals surface area contributed by atoms with Crippen molar-refractivity contribution in [2.45, 2.75) is 25.9 Å². The van der Waals surface area contributed by atoms with Gasteiger partial charge in [0, 0.05) is 29.9 Å². The monoisotopic (exact) mass is 312 g/mol. The van der Waals surface area contributed by atoms with E-state index in [1.165, 1.54) is 11.3 Å². The van der Waals surface area contributed by atoms with Crippen LogP contribution in [0.1, 0.15) is 18.9 Å². The minimum atomic E-state index is 0.289. The Morgan fingerprint density at radius 3 is 3.11 bits per heavy atom. The van der Waals surface area contributed by atoms with Gasteiger partial charge in [0.05, 0.1) is 6.10 Å². The smallest absolute Gasteiger partial charge is 0.0721 e. The van der Waals surface area contributed by atoms with Gasteiger partial charge in [-0.2, -0.15) is 0 Å². The first-order chi connectivity index (χ1) is 8.70. The molecular weight excluding hydrogens is 292 g/mol. The predicted octanol–water partition coefficient (Wildman–Crippen LogP) is 2.57. The highest BCUT2D eigenvalue weighted by Crippen LogP contribution is 2.27.